The molecule has 2 rings (SSSR count). The first-order chi connectivity index (χ1) is 8.41. The van der Waals surface area contributed by atoms with Gasteiger partial charge in [-0.1, -0.05) is 12.1 Å². The molecule has 1 aliphatic rings. The molecule has 0 atom stereocenters. The number of hydrogen-bond acceptors (Lipinski definition) is 3. The summed E-state index contributed by atoms with van der Waals surface area (Å²) in [5.41, 5.74) is 1.59. The molecule has 1 fully saturated rings. The molecule has 0 aliphatic carbocycles. The number of rotatable bonds is 2. The van der Waals surface area contributed by atoms with Gasteiger partial charge in [0.2, 0.25) is 15.9 Å². The van der Waals surface area contributed by atoms with Gasteiger partial charge in [-0.15, -0.1) is 0 Å². The summed E-state index contributed by atoms with van der Waals surface area (Å²) < 4.78 is 26.1. The van der Waals surface area contributed by atoms with Crippen LogP contribution in [0, 0.1) is 13.8 Å². The molecule has 1 amide bonds. The highest BCUT2D eigenvalue weighted by Crippen LogP contribution is 2.21. The maximum Gasteiger partial charge on any atom is 0.243 e. The summed E-state index contributed by atoms with van der Waals surface area (Å²) in [5.74, 6) is -0.255. The Hall–Kier alpha value is -1.40. The van der Waals surface area contributed by atoms with E-state index < -0.39 is 10.0 Å². The lowest BCUT2D eigenvalue weighted by atomic mass is 10.2. The van der Waals surface area contributed by atoms with Crippen molar-refractivity contribution in [1.29, 1.82) is 0 Å². The average molecular weight is 268 g/mol. The molecule has 18 heavy (non-hydrogen) atoms. The Bertz CT molecular complexity index is 581. The number of carbonyl (C=O) groups is 1. The van der Waals surface area contributed by atoms with Gasteiger partial charge >= 0.3 is 0 Å². The van der Waals surface area contributed by atoms with Crippen LogP contribution in [0.3, 0.4) is 0 Å². The van der Waals surface area contributed by atoms with E-state index in [1.165, 1.54) is 4.31 Å². The Morgan fingerprint density at radius 3 is 2.67 bits per heavy atom. The van der Waals surface area contributed by atoms with Gasteiger partial charge in [-0.3, -0.25) is 4.79 Å². The first-order valence-electron chi connectivity index (χ1n) is 5.75. The van der Waals surface area contributed by atoms with E-state index in [0.717, 1.165) is 5.56 Å². The number of carbonyl (C=O) groups excluding carboxylic acids is 1. The Morgan fingerprint density at radius 1 is 1.28 bits per heavy atom. The zero-order chi connectivity index (χ0) is 13.3. The molecule has 1 aromatic rings. The average Bonchev–Trinajstić information content (AvgIpc) is 2.32. The van der Waals surface area contributed by atoms with Gasteiger partial charge in [0.25, 0.3) is 0 Å². The van der Waals surface area contributed by atoms with Crippen LogP contribution in [-0.4, -0.2) is 38.3 Å². The van der Waals surface area contributed by atoms with Crippen molar-refractivity contribution in [2.24, 2.45) is 0 Å². The van der Waals surface area contributed by atoms with Crippen molar-refractivity contribution in [2.75, 3.05) is 19.6 Å². The van der Waals surface area contributed by atoms with Gasteiger partial charge in [-0.05, 0) is 31.0 Å². The zero-order valence-corrected chi connectivity index (χ0v) is 11.3. The van der Waals surface area contributed by atoms with Gasteiger partial charge in [0, 0.05) is 13.1 Å². The monoisotopic (exact) mass is 268 g/mol. The van der Waals surface area contributed by atoms with Crippen molar-refractivity contribution in [2.45, 2.75) is 18.7 Å². The number of piperazine rings is 1. The van der Waals surface area contributed by atoms with Crippen LogP contribution < -0.4 is 5.32 Å². The van der Waals surface area contributed by atoms with E-state index in [1.807, 2.05) is 13.0 Å². The van der Waals surface area contributed by atoms with Crippen molar-refractivity contribution in [3.63, 3.8) is 0 Å². The topological polar surface area (TPSA) is 66.5 Å². The lowest BCUT2D eigenvalue weighted by molar-refractivity contribution is -0.122. The fourth-order valence-corrected chi connectivity index (χ4v) is 3.65. The van der Waals surface area contributed by atoms with Gasteiger partial charge in [0.1, 0.15) is 0 Å². The largest absolute Gasteiger partial charge is 0.354 e. The number of amides is 1. The molecule has 1 aliphatic heterocycles. The van der Waals surface area contributed by atoms with Crippen LogP contribution in [0.1, 0.15) is 11.1 Å². The quantitative estimate of drug-likeness (QED) is 0.845. The number of benzene rings is 1. The third-order valence-corrected chi connectivity index (χ3v) is 4.95. The number of nitrogens with one attached hydrogen (secondary N) is 1. The van der Waals surface area contributed by atoms with E-state index in [4.69, 9.17) is 0 Å². The van der Waals surface area contributed by atoms with E-state index in [1.54, 1.807) is 19.1 Å². The number of nitrogens with zero attached hydrogens (tertiary/aromatic N) is 1. The Morgan fingerprint density at radius 2 is 2.00 bits per heavy atom. The Kier molecular flexibility index (Phi) is 3.41. The van der Waals surface area contributed by atoms with E-state index in [0.29, 0.717) is 18.7 Å². The standard InChI is InChI=1S/C12H16N2O3S/c1-9-3-4-10(2)11(7-9)18(16,17)14-6-5-13-12(15)8-14/h3-4,7H,5-6,8H2,1-2H3,(H,13,15). The normalized spacial score (nSPS) is 17.6. The summed E-state index contributed by atoms with van der Waals surface area (Å²) in [4.78, 5) is 11.6. The number of aryl methyl sites for hydroxylation is 2. The number of sulfonamides is 1. The minimum absolute atomic E-state index is 0.101. The molecule has 98 valence electrons. The highest BCUT2D eigenvalue weighted by Gasteiger charge is 2.30. The van der Waals surface area contributed by atoms with Crippen LogP contribution in [0.2, 0.25) is 0 Å². The predicted octanol–water partition coefficient (Wildman–Crippen LogP) is 0.424. The molecule has 1 aromatic carbocycles. The highest BCUT2D eigenvalue weighted by atomic mass is 32.2. The SMILES string of the molecule is Cc1ccc(C)c(S(=O)(=O)N2CCNC(=O)C2)c1. The Labute approximate surface area is 107 Å². The first-order valence-corrected chi connectivity index (χ1v) is 7.19. The molecular formula is C12H16N2O3S. The van der Waals surface area contributed by atoms with Crippen LogP contribution in [0.4, 0.5) is 0 Å². The molecule has 5 nitrogen and oxygen atoms in total. The fraction of sp³-hybridized carbons (Fsp3) is 0.417. The van der Waals surface area contributed by atoms with Crippen molar-refractivity contribution in [3.8, 4) is 0 Å². The van der Waals surface area contributed by atoms with Crippen LogP contribution in [-0.2, 0) is 14.8 Å². The molecule has 0 bridgehead atoms. The molecular weight excluding hydrogens is 252 g/mol. The third-order valence-electron chi connectivity index (χ3n) is 2.96. The first kappa shape index (κ1) is 13.0. The van der Waals surface area contributed by atoms with Crippen LogP contribution in [0.5, 0.6) is 0 Å². The second-order valence-corrected chi connectivity index (χ2v) is 6.36. The summed E-state index contributed by atoms with van der Waals surface area (Å²) in [7, 11) is -3.58. The third kappa shape index (κ3) is 2.39. The van der Waals surface area contributed by atoms with Crippen molar-refractivity contribution >= 4 is 15.9 Å². The summed E-state index contributed by atoms with van der Waals surface area (Å²) in [6.07, 6.45) is 0. The molecule has 0 radical (unpaired) electrons. The highest BCUT2D eigenvalue weighted by molar-refractivity contribution is 7.89. The van der Waals surface area contributed by atoms with Crippen molar-refractivity contribution in [1.82, 2.24) is 9.62 Å². The Balaban J connectivity index is 2.41. The van der Waals surface area contributed by atoms with Gasteiger partial charge in [-0.2, -0.15) is 4.31 Å². The smallest absolute Gasteiger partial charge is 0.243 e. The van der Waals surface area contributed by atoms with Crippen LogP contribution in [0.25, 0.3) is 0 Å². The maximum absolute atomic E-state index is 12.5. The minimum Gasteiger partial charge on any atom is -0.354 e. The predicted molar refractivity (Wildman–Crippen MR) is 67.7 cm³/mol. The fourth-order valence-electron chi connectivity index (χ4n) is 1.94. The summed E-state index contributed by atoms with van der Waals surface area (Å²) in [6, 6.07) is 5.31. The minimum atomic E-state index is -3.58. The summed E-state index contributed by atoms with van der Waals surface area (Å²) >= 11 is 0. The molecule has 0 aromatic heterocycles. The summed E-state index contributed by atoms with van der Waals surface area (Å²) in [6.45, 7) is 4.19. The van der Waals surface area contributed by atoms with E-state index in [-0.39, 0.29) is 17.3 Å². The van der Waals surface area contributed by atoms with Crippen LogP contribution >= 0.6 is 0 Å². The van der Waals surface area contributed by atoms with E-state index in [2.05, 4.69) is 5.32 Å². The number of hydrogen-bond donors (Lipinski definition) is 1. The van der Waals surface area contributed by atoms with Gasteiger partial charge in [0.05, 0.1) is 11.4 Å². The molecule has 1 N–H and O–H groups in total. The van der Waals surface area contributed by atoms with Crippen molar-refractivity contribution in [3.05, 3.63) is 29.3 Å². The lowest BCUT2D eigenvalue weighted by Crippen LogP contribution is -2.49. The van der Waals surface area contributed by atoms with Crippen LogP contribution in [0.15, 0.2) is 23.1 Å². The maximum atomic E-state index is 12.5. The van der Waals surface area contributed by atoms with E-state index in [9.17, 15) is 13.2 Å². The summed E-state index contributed by atoms with van der Waals surface area (Å²) in [5, 5.41) is 2.62. The molecule has 1 heterocycles. The zero-order valence-electron chi connectivity index (χ0n) is 10.4. The van der Waals surface area contributed by atoms with Gasteiger partial charge in [0.15, 0.2) is 0 Å². The van der Waals surface area contributed by atoms with E-state index >= 15 is 0 Å². The molecule has 6 heteroatoms. The van der Waals surface area contributed by atoms with Gasteiger partial charge in [-0.25, -0.2) is 8.42 Å². The second kappa shape index (κ2) is 4.70. The second-order valence-electron chi connectivity index (χ2n) is 4.46. The molecule has 0 unspecified atom stereocenters. The molecule has 1 saturated heterocycles. The van der Waals surface area contributed by atoms with Crippen molar-refractivity contribution < 1.29 is 13.2 Å². The van der Waals surface area contributed by atoms with Gasteiger partial charge < -0.3 is 5.32 Å². The lowest BCUT2D eigenvalue weighted by Gasteiger charge is -2.26. The molecule has 0 spiro atoms. The molecule has 0 saturated carbocycles.